The largest absolute Gasteiger partial charge is 0.493 e. The lowest BCUT2D eigenvalue weighted by Gasteiger charge is -2.33. The van der Waals surface area contributed by atoms with Crippen molar-refractivity contribution in [1.82, 2.24) is 14.9 Å². The van der Waals surface area contributed by atoms with Crippen LogP contribution in [0.1, 0.15) is 28.9 Å². The summed E-state index contributed by atoms with van der Waals surface area (Å²) >= 11 is 3.34. The minimum Gasteiger partial charge on any atom is -0.493 e. The highest BCUT2D eigenvalue weighted by molar-refractivity contribution is 9.10. The van der Waals surface area contributed by atoms with Gasteiger partial charge in [0.15, 0.2) is 5.58 Å². The number of aromatic nitrogens is 2. The lowest BCUT2D eigenvalue weighted by molar-refractivity contribution is -0.194. The molecule has 3 aromatic rings. The van der Waals surface area contributed by atoms with Crippen molar-refractivity contribution in [3.63, 3.8) is 0 Å². The normalized spacial score (nSPS) is 17.8. The van der Waals surface area contributed by atoms with E-state index in [2.05, 4.69) is 25.9 Å². The number of benzene rings is 1. The Morgan fingerprint density at radius 2 is 1.88 bits per heavy atom. The van der Waals surface area contributed by atoms with Crippen molar-refractivity contribution in [2.75, 3.05) is 37.7 Å². The van der Waals surface area contributed by atoms with Crippen molar-refractivity contribution >= 4 is 39.1 Å². The highest BCUT2D eigenvalue weighted by atomic mass is 79.9. The molecule has 7 nitrogen and oxygen atoms in total. The summed E-state index contributed by atoms with van der Waals surface area (Å²) in [5.41, 5.74) is 0.601. The monoisotopic (exact) mass is 538 g/mol. The van der Waals surface area contributed by atoms with Gasteiger partial charge < -0.3 is 19.0 Å². The van der Waals surface area contributed by atoms with Crippen molar-refractivity contribution in [3.8, 4) is 5.75 Å². The molecule has 0 radical (unpaired) electrons. The number of halogens is 4. The smallest absolute Gasteiger partial charge is 0.397 e. The van der Waals surface area contributed by atoms with Crippen LogP contribution in [0.4, 0.5) is 19.2 Å². The number of ether oxygens (including phenoxy) is 1. The average molecular weight is 539 g/mol. The van der Waals surface area contributed by atoms with Gasteiger partial charge in [0, 0.05) is 41.9 Å². The molecule has 180 valence electrons. The van der Waals surface area contributed by atoms with Gasteiger partial charge in [-0.15, -0.1) is 0 Å². The molecule has 0 atom stereocenters. The van der Waals surface area contributed by atoms with Crippen LogP contribution in [0.2, 0.25) is 0 Å². The Kier molecular flexibility index (Phi) is 5.70. The first-order valence-corrected chi connectivity index (χ1v) is 11.7. The SMILES string of the molecule is Cc1ccc2oc(N3CCN(C(=O)c4cc(Br)cc(OCC5(C(F)(F)F)CC5)c4)CC3)nc2n1. The molecule has 0 bridgehead atoms. The first kappa shape index (κ1) is 22.9. The number of alkyl halides is 3. The number of amides is 1. The number of pyridine rings is 1. The number of fused-ring (bicyclic) bond motifs is 1. The van der Waals surface area contributed by atoms with E-state index in [4.69, 9.17) is 9.15 Å². The quantitative estimate of drug-likeness (QED) is 0.456. The Bertz CT molecular complexity index is 1230. The number of hydrogen-bond acceptors (Lipinski definition) is 6. The van der Waals surface area contributed by atoms with Gasteiger partial charge in [0.05, 0.1) is 0 Å². The second-order valence-electron chi connectivity index (χ2n) is 8.79. The summed E-state index contributed by atoms with van der Waals surface area (Å²) < 4.78 is 51.4. The number of rotatable bonds is 5. The van der Waals surface area contributed by atoms with Gasteiger partial charge in [0.25, 0.3) is 11.9 Å². The summed E-state index contributed by atoms with van der Waals surface area (Å²) in [4.78, 5) is 25.6. The summed E-state index contributed by atoms with van der Waals surface area (Å²) in [5, 5.41) is 0. The Hall–Kier alpha value is -2.82. The molecule has 1 aromatic carbocycles. The lowest BCUT2D eigenvalue weighted by Crippen LogP contribution is -2.48. The number of anilines is 1. The molecule has 1 aliphatic carbocycles. The van der Waals surface area contributed by atoms with E-state index >= 15 is 0 Å². The molecule has 2 aromatic heterocycles. The molecular formula is C23H22BrF3N4O3. The van der Waals surface area contributed by atoms with E-state index in [0.717, 1.165) is 5.69 Å². The summed E-state index contributed by atoms with van der Waals surface area (Å²) in [6.07, 6.45) is -4.16. The number of oxazole rings is 1. The molecule has 2 aliphatic rings. The topological polar surface area (TPSA) is 71.7 Å². The molecule has 5 rings (SSSR count). The van der Waals surface area contributed by atoms with Gasteiger partial charge >= 0.3 is 6.18 Å². The highest BCUT2D eigenvalue weighted by Crippen LogP contribution is 2.57. The van der Waals surface area contributed by atoms with Crippen LogP contribution in [-0.2, 0) is 0 Å². The van der Waals surface area contributed by atoms with E-state index in [-0.39, 0.29) is 24.5 Å². The molecule has 1 amide bonds. The predicted molar refractivity (Wildman–Crippen MR) is 122 cm³/mol. The van der Waals surface area contributed by atoms with E-state index in [9.17, 15) is 18.0 Å². The Labute approximate surface area is 202 Å². The van der Waals surface area contributed by atoms with Crippen molar-refractivity contribution in [2.45, 2.75) is 25.9 Å². The fourth-order valence-corrected chi connectivity index (χ4v) is 4.44. The van der Waals surface area contributed by atoms with Gasteiger partial charge in [-0.05, 0) is 50.1 Å². The predicted octanol–water partition coefficient (Wildman–Crippen LogP) is 4.98. The van der Waals surface area contributed by atoms with Gasteiger partial charge in [-0.2, -0.15) is 18.2 Å². The minimum absolute atomic E-state index is 0.0658. The summed E-state index contributed by atoms with van der Waals surface area (Å²) in [6, 6.07) is 8.88. The molecule has 3 heterocycles. The number of nitrogens with zero attached hydrogens (tertiary/aromatic N) is 4. The summed E-state index contributed by atoms with van der Waals surface area (Å²) in [5.74, 6) is 0.0266. The first-order chi connectivity index (χ1) is 16.1. The van der Waals surface area contributed by atoms with Gasteiger partial charge in [-0.25, -0.2) is 4.98 Å². The standard InChI is InChI=1S/C23H22BrF3N4O3/c1-14-2-3-18-19(28-14)29-21(34-18)31-8-6-30(7-9-31)20(32)15-10-16(24)12-17(11-15)33-13-22(4-5-22)23(25,26)27/h2-3,10-12H,4-9,13H2,1H3. The zero-order valence-corrected chi connectivity index (χ0v) is 19.9. The van der Waals surface area contributed by atoms with Gasteiger partial charge in [0.1, 0.15) is 17.8 Å². The lowest BCUT2D eigenvalue weighted by atomic mass is 10.1. The number of hydrogen-bond donors (Lipinski definition) is 0. The molecule has 34 heavy (non-hydrogen) atoms. The van der Waals surface area contributed by atoms with Crippen LogP contribution in [0.5, 0.6) is 5.75 Å². The maximum absolute atomic E-state index is 13.2. The van der Waals surface area contributed by atoms with Crippen LogP contribution >= 0.6 is 15.9 Å². The third kappa shape index (κ3) is 4.45. The maximum Gasteiger partial charge on any atom is 0.397 e. The van der Waals surface area contributed by atoms with Crippen LogP contribution in [0, 0.1) is 12.3 Å². The van der Waals surface area contributed by atoms with Crippen molar-refractivity contribution in [1.29, 1.82) is 0 Å². The molecule has 2 fully saturated rings. The number of piperazine rings is 1. The number of aryl methyl sites for hydroxylation is 1. The van der Waals surface area contributed by atoms with Crippen LogP contribution in [-0.4, -0.2) is 59.7 Å². The van der Waals surface area contributed by atoms with Crippen molar-refractivity contribution in [3.05, 3.63) is 46.1 Å². The first-order valence-electron chi connectivity index (χ1n) is 10.9. The molecule has 1 saturated carbocycles. The zero-order valence-electron chi connectivity index (χ0n) is 18.4. The zero-order chi connectivity index (χ0) is 24.1. The highest BCUT2D eigenvalue weighted by Gasteiger charge is 2.63. The van der Waals surface area contributed by atoms with E-state index in [1.54, 1.807) is 17.0 Å². The summed E-state index contributed by atoms with van der Waals surface area (Å²) in [6.45, 7) is 3.40. The van der Waals surface area contributed by atoms with Gasteiger partial charge in [-0.3, -0.25) is 4.79 Å². The fraction of sp³-hybridized carbons (Fsp3) is 0.435. The number of carbonyl (C=O) groups excluding carboxylic acids is 1. The van der Waals surface area contributed by atoms with Crippen molar-refractivity contribution in [2.24, 2.45) is 5.41 Å². The third-order valence-corrected chi connectivity index (χ3v) is 6.76. The van der Waals surface area contributed by atoms with E-state index in [1.807, 2.05) is 24.0 Å². The molecule has 0 spiro atoms. The molecule has 0 unspecified atom stereocenters. The average Bonchev–Trinajstić information content (AvgIpc) is 3.50. The Morgan fingerprint density at radius 3 is 2.56 bits per heavy atom. The van der Waals surface area contributed by atoms with E-state index < -0.39 is 18.2 Å². The maximum atomic E-state index is 13.2. The van der Waals surface area contributed by atoms with Crippen LogP contribution < -0.4 is 9.64 Å². The minimum atomic E-state index is -4.29. The van der Waals surface area contributed by atoms with E-state index in [1.165, 1.54) is 6.07 Å². The number of carbonyl (C=O) groups is 1. The Morgan fingerprint density at radius 1 is 1.15 bits per heavy atom. The second kappa shape index (κ2) is 8.44. The molecule has 1 aliphatic heterocycles. The summed E-state index contributed by atoms with van der Waals surface area (Å²) in [7, 11) is 0. The van der Waals surface area contributed by atoms with Crippen LogP contribution in [0.25, 0.3) is 11.2 Å². The second-order valence-corrected chi connectivity index (χ2v) is 9.71. The van der Waals surface area contributed by atoms with E-state index in [0.29, 0.717) is 53.5 Å². The fourth-order valence-electron chi connectivity index (χ4n) is 3.97. The van der Waals surface area contributed by atoms with Gasteiger partial charge in [-0.1, -0.05) is 15.9 Å². The molecule has 0 N–H and O–H groups in total. The van der Waals surface area contributed by atoms with Crippen LogP contribution in [0.3, 0.4) is 0 Å². The van der Waals surface area contributed by atoms with Crippen LogP contribution in [0.15, 0.2) is 39.2 Å². The van der Waals surface area contributed by atoms with Crippen molar-refractivity contribution < 1.29 is 27.1 Å². The Balaban J connectivity index is 1.23. The molecular weight excluding hydrogens is 517 g/mol. The molecule has 1 saturated heterocycles. The molecule has 11 heteroatoms. The van der Waals surface area contributed by atoms with Gasteiger partial charge in [0.2, 0.25) is 5.65 Å². The third-order valence-electron chi connectivity index (χ3n) is 6.31.